The second-order valence-electron chi connectivity index (χ2n) is 4.28. The number of rotatable bonds is 4. The molecule has 0 aliphatic carbocycles. The Morgan fingerprint density at radius 2 is 1.83 bits per heavy atom. The minimum absolute atomic E-state index is 0.190. The van der Waals surface area contributed by atoms with Crippen LogP contribution in [0.4, 0.5) is 20.2 Å². The summed E-state index contributed by atoms with van der Waals surface area (Å²) in [6.45, 7) is 0. The monoisotopic (exact) mass is 453 g/mol. The third-order valence-electron chi connectivity index (χ3n) is 2.88. The number of carbonyl (C=O) groups is 1. The Labute approximate surface area is 146 Å². The average molecular weight is 453 g/mol. The Morgan fingerprint density at radius 1 is 1.22 bits per heavy atom. The molecule has 0 aromatic heterocycles. The van der Waals surface area contributed by atoms with Gasteiger partial charge in [-0.3, -0.25) is 4.55 Å². The van der Waals surface area contributed by atoms with Gasteiger partial charge in [-0.15, -0.1) is 0 Å². The van der Waals surface area contributed by atoms with Crippen molar-refractivity contribution in [3.05, 3.63) is 57.2 Å². The largest absolute Gasteiger partial charge is 0.465 e. The third-order valence-corrected chi connectivity index (χ3v) is 4.32. The lowest BCUT2D eigenvalue weighted by Gasteiger charge is -2.21. The summed E-state index contributed by atoms with van der Waals surface area (Å²) in [5, 5.41) is 0. The smallest absolute Gasteiger partial charge is 0.340 e. The van der Waals surface area contributed by atoms with Crippen LogP contribution in [-0.2, 0) is 16.0 Å². The van der Waals surface area contributed by atoms with E-state index in [-0.39, 0.29) is 5.69 Å². The first kappa shape index (κ1) is 17.8. The lowest BCUT2D eigenvalue weighted by molar-refractivity contribution is 0.0595. The summed E-state index contributed by atoms with van der Waals surface area (Å²) in [5.41, 5.74) is -0.882. The minimum atomic E-state index is -2.64. The molecular formula is C14H10F2INO4S. The van der Waals surface area contributed by atoms with Gasteiger partial charge in [-0.25, -0.2) is 22.1 Å². The zero-order valence-electron chi connectivity index (χ0n) is 11.6. The summed E-state index contributed by atoms with van der Waals surface area (Å²) in [6.07, 6.45) is 0. The number of esters is 1. The summed E-state index contributed by atoms with van der Waals surface area (Å²) in [5.74, 6) is -3.14. The van der Waals surface area contributed by atoms with E-state index < -0.39 is 40.1 Å². The summed E-state index contributed by atoms with van der Waals surface area (Å²) in [4.78, 5) is 11.4. The van der Waals surface area contributed by atoms with Crippen molar-refractivity contribution < 1.29 is 27.1 Å². The van der Waals surface area contributed by atoms with Gasteiger partial charge in [0.1, 0.15) is 11.6 Å². The van der Waals surface area contributed by atoms with Gasteiger partial charge in [0, 0.05) is 9.64 Å². The Hall–Kier alpha value is -1.59. The molecule has 0 radical (unpaired) electrons. The van der Waals surface area contributed by atoms with Gasteiger partial charge < -0.3 is 4.74 Å². The molecule has 23 heavy (non-hydrogen) atoms. The maximum atomic E-state index is 14.2. The lowest BCUT2D eigenvalue weighted by atomic mass is 10.1. The number of carbonyl (C=O) groups excluding carboxylic acids is 1. The maximum absolute atomic E-state index is 14.2. The van der Waals surface area contributed by atoms with E-state index in [0.29, 0.717) is 16.4 Å². The molecule has 0 saturated heterocycles. The highest BCUT2D eigenvalue weighted by Crippen LogP contribution is 2.31. The molecule has 0 fully saturated rings. The average Bonchev–Trinajstić information content (AvgIpc) is 2.51. The van der Waals surface area contributed by atoms with Gasteiger partial charge in [0.25, 0.3) is 11.3 Å². The number of ether oxygens (including phenoxy) is 1. The van der Waals surface area contributed by atoms with Crippen LogP contribution in [0, 0.1) is 15.2 Å². The first-order chi connectivity index (χ1) is 10.8. The van der Waals surface area contributed by atoms with E-state index in [4.69, 9.17) is 0 Å². The molecule has 1 N–H and O–H groups in total. The zero-order chi connectivity index (χ0) is 17.1. The molecule has 1 unspecified atom stereocenters. The molecule has 122 valence electrons. The van der Waals surface area contributed by atoms with Gasteiger partial charge in [0.15, 0.2) is 0 Å². The standard InChI is InChI=1S/C14H10F2INO4S/c1-22-14(19)10-6-12(16)13(7-11(10)15)18(23(20)21)9-4-2-8(17)3-5-9/h2-7H,1H3,(H,20,21). The fraction of sp³-hybridized carbons (Fsp3) is 0.0714. The van der Waals surface area contributed by atoms with Gasteiger partial charge in [0.2, 0.25) is 0 Å². The highest BCUT2D eigenvalue weighted by molar-refractivity contribution is 14.1. The summed E-state index contributed by atoms with van der Waals surface area (Å²) in [6, 6.07) is 7.57. The third kappa shape index (κ3) is 3.85. The number of hydrogen-bond donors (Lipinski definition) is 1. The SMILES string of the molecule is COC(=O)c1cc(F)c(N(c2ccc(I)cc2)S(=O)O)cc1F. The Kier molecular flexibility index (Phi) is 5.65. The van der Waals surface area contributed by atoms with Crippen LogP contribution in [0.5, 0.6) is 0 Å². The quantitative estimate of drug-likeness (QED) is 0.437. The van der Waals surface area contributed by atoms with Crippen LogP contribution in [-0.4, -0.2) is 21.8 Å². The van der Waals surface area contributed by atoms with E-state index in [1.165, 1.54) is 12.1 Å². The van der Waals surface area contributed by atoms with Crippen LogP contribution >= 0.6 is 22.6 Å². The van der Waals surface area contributed by atoms with Gasteiger partial charge in [-0.05, 0) is 52.9 Å². The van der Waals surface area contributed by atoms with Crippen molar-refractivity contribution in [2.75, 3.05) is 11.4 Å². The van der Waals surface area contributed by atoms with Crippen LogP contribution in [0.2, 0.25) is 0 Å². The van der Waals surface area contributed by atoms with Crippen molar-refractivity contribution in [2.24, 2.45) is 0 Å². The number of benzene rings is 2. The topological polar surface area (TPSA) is 66.8 Å². The molecule has 0 bridgehead atoms. The molecule has 0 saturated carbocycles. The fourth-order valence-electron chi connectivity index (χ4n) is 1.85. The molecule has 0 heterocycles. The molecule has 0 aliphatic heterocycles. The molecule has 2 rings (SSSR count). The lowest BCUT2D eigenvalue weighted by Crippen LogP contribution is -2.21. The van der Waals surface area contributed by atoms with E-state index in [1.54, 1.807) is 12.1 Å². The molecule has 1 atom stereocenters. The minimum Gasteiger partial charge on any atom is -0.465 e. The summed E-state index contributed by atoms with van der Waals surface area (Å²) >= 11 is -0.604. The van der Waals surface area contributed by atoms with Crippen LogP contribution in [0.1, 0.15) is 10.4 Å². The molecule has 2 aromatic carbocycles. The van der Waals surface area contributed by atoms with Crippen LogP contribution in [0.25, 0.3) is 0 Å². The highest BCUT2D eigenvalue weighted by Gasteiger charge is 2.23. The second-order valence-corrected chi connectivity index (χ2v) is 6.35. The van der Waals surface area contributed by atoms with E-state index in [1.807, 2.05) is 22.6 Å². The van der Waals surface area contributed by atoms with Gasteiger partial charge in [-0.2, -0.15) is 0 Å². The van der Waals surface area contributed by atoms with Gasteiger partial charge >= 0.3 is 5.97 Å². The second kappa shape index (κ2) is 7.32. The fourth-order valence-corrected chi connectivity index (χ4v) is 2.82. The molecule has 0 amide bonds. The van der Waals surface area contributed by atoms with Gasteiger partial charge in [-0.1, -0.05) is 0 Å². The number of methoxy groups -OCH3 is 1. The van der Waals surface area contributed by atoms with Crippen LogP contribution in [0.3, 0.4) is 0 Å². The molecule has 9 heteroatoms. The normalized spacial score (nSPS) is 11.9. The zero-order valence-corrected chi connectivity index (χ0v) is 14.6. The number of anilines is 2. The molecule has 0 spiro atoms. The number of halogens is 3. The first-order valence-corrected chi connectivity index (χ1v) is 8.23. The Bertz CT molecular complexity index is 770. The molecule has 2 aromatic rings. The van der Waals surface area contributed by atoms with Crippen molar-refractivity contribution in [1.29, 1.82) is 0 Å². The highest BCUT2D eigenvalue weighted by atomic mass is 127. The van der Waals surface area contributed by atoms with Crippen LogP contribution in [0.15, 0.2) is 36.4 Å². The molecular weight excluding hydrogens is 443 g/mol. The van der Waals surface area contributed by atoms with Crippen molar-refractivity contribution >= 4 is 51.2 Å². The van der Waals surface area contributed by atoms with Crippen molar-refractivity contribution in [2.45, 2.75) is 0 Å². The van der Waals surface area contributed by atoms with Crippen LogP contribution < -0.4 is 4.31 Å². The summed E-state index contributed by atoms with van der Waals surface area (Å²) < 4.78 is 55.2. The van der Waals surface area contributed by atoms with E-state index >= 15 is 0 Å². The summed E-state index contributed by atoms with van der Waals surface area (Å²) in [7, 11) is 1.04. The van der Waals surface area contributed by atoms with E-state index in [9.17, 15) is 22.3 Å². The van der Waals surface area contributed by atoms with Crippen molar-refractivity contribution in [1.82, 2.24) is 0 Å². The number of hydrogen-bond acceptors (Lipinski definition) is 3. The molecule has 0 aliphatic rings. The first-order valence-electron chi connectivity index (χ1n) is 6.09. The van der Waals surface area contributed by atoms with E-state index in [2.05, 4.69) is 4.74 Å². The molecule has 5 nitrogen and oxygen atoms in total. The maximum Gasteiger partial charge on any atom is 0.340 e. The Balaban J connectivity index is 2.56. The number of nitrogens with zero attached hydrogens (tertiary/aromatic N) is 1. The van der Waals surface area contributed by atoms with E-state index in [0.717, 1.165) is 10.7 Å². The predicted octanol–water partition coefficient (Wildman–Crippen LogP) is 3.63. The van der Waals surface area contributed by atoms with Crippen molar-refractivity contribution in [3.63, 3.8) is 0 Å². The Morgan fingerprint density at radius 3 is 2.35 bits per heavy atom. The van der Waals surface area contributed by atoms with Gasteiger partial charge in [0.05, 0.1) is 24.0 Å². The van der Waals surface area contributed by atoms with Crippen molar-refractivity contribution in [3.8, 4) is 0 Å². The predicted molar refractivity (Wildman–Crippen MR) is 89.8 cm³/mol.